The molecule has 12 heavy (non-hydrogen) atoms. The van der Waals surface area contributed by atoms with Crippen molar-refractivity contribution in [1.82, 2.24) is 0 Å². The minimum atomic E-state index is -5.64. The summed E-state index contributed by atoms with van der Waals surface area (Å²) in [4.78, 5) is 33.8. The normalized spacial score (nSPS) is 9.83. The van der Waals surface area contributed by atoms with Gasteiger partial charge in [0.05, 0.1) is 0 Å². The van der Waals surface area contributed by atoms with Crippen LogP contribution in [-0.4, -0.2) is 60.8 Å². The quantitative estimate of drug-likeness (QED) is 0.333. The molecule has 0 aliphatic rings. The summed E-state index contributed by atoms with van der Waals surface area (Å²) >= 11 is 0. The van der Waals surface area contributed by atoms with Crippen LogP contribution in [0.2, 0.25) is 0 Å². The molecule has 0 N–H and O–H groups in total. The second-order valence-corrected chi connectivity index (χ2v) is 2.58. The minimum Gasteiger partial charge on any atom is -0.786 e. The van der Waals surface area contributed by atoms with Gasteiger partial charge in [0.15, 0.2) is 0 Å². The number of hydrogen-bond donors (Lipinski definition) is 0. The molecule has 0 unspecified atom stereocenters. The van der Waals surface area contributed by atoms with Gasteiger partial charge in [-0.3, -0.25) is 0 Å². The van der Waals surface area contributed by atoms with Crippen molar-refractivity contribution in [2.75, 3.05) is 0 Å². The Kier molecular flexibility index (Phi) is 19.3. The van der Waals surface area contributed by atoms with Crippen LogP contribution in [0.5, 0.6) is 0 Å². The molecule has 0 atom stereocenters. The van der Waals surface area contributed by atoms with E-state index in [-0.39, 0.29) is 60.8 Å². The van der Waals surface area contributed by atoms with E-state index in [0.717, 1.165) is 0 Å². The van der Waals surface area contributed by atoms with Crippen molar-refractivity contribution in [3.63, 3.8) is 0 Å². The first-order valence-electron chi connectivity index (χ1n) is 1.43. The zero-order chi connectivity index (χ0) is 9.00. The standard InChI is InChI=1S/Ca.2FH2O3P.Mg/c;2*1-5(2,3)4;/h;2*(H2,2,3,4);/q+2;;;+2/p-4. The second kappa shape index (κ2) is 9.73. The molecule has 0 spiro atoms. The van der Waals surface area contributed by atoms with E-state index in [0.29, 0.717) is 0 Å². The predicted octanol–water partition coefficient (Wildman–Crippen LogP) is -3.19. The molecule has 0 saturated heterocycles. The van der Waals surface area contributed by atoms with E-state index in [9.17, 15) is 8.39 Å². The van der Waals surface area contributed by atoms with Crippen molar-refractivity contribution >= 4 is 76.6 Å². The monoisotopic (exact) mass is 260 g/mol. The van der Waals surface area contributed by atoms with Crippen molar-refractivity contribution < 1.29 is 37.1 Å². The van der Waals surface area contributed by atoms with Gasteiger partial charge in [0, 0.05) is 0 Å². The molecule has 0 aromatic carbocycles. The Labute approximate surface area is 112 Å². The van der Waals surface area contributed by atoms with Crippen LogP contribution in [0.1, 0.15) is 0 Å². The van der Waals surface area contributed by atoms with Crippen molar-refractivity contribution in [2.24, 2.45) is 0 Å². The smallest absolute Gasteiger partial charge is 0.786 e. The van der Waals surface area contributed by atoms with Gasteiger partial charge in [0.25, 0.3) is 0 Å². The van der Waals surface area contributed by atoms with Crippen molar-refractivity contribution in [1.29, 1.82) is 0 Å². The molecule has 12 heteroatoms. The van der Waals surface area contributed by atoms with Crippen LogP contribution < -0.4 is 19.6 Å². The van der Waals surface area contributed by atoms with Gasteiger partial charge in [-0.15, -0.1) is 0 Å². The fraction of sp³-hybridized carbons (Fsp3) is 0. The first-order valence-corrected chi connectivity index (χ1v) is 4.30. The molecule has 64 valence electrons. The Morgan fingerprint density at radius 2 is 0.833 bits per heavy atom. The van der Waals surface area contributed by atoms with Crippen LogP contribution in [0.3, 0.4) is 0 Å². The first kappa shape index (κ1) is 23.8. The van der Waals surface area contributed by atoms with E-state index in [4.69, 9.17) is 28.7 Å². The fourth-order valence-corrected chi connectivity index (χ4v) is 0. The zero-order valence-corrected chi connectivity index (χ0v) is 10.9. The fourth-order valence-electron chi connectivity index (χ4n) is 0. The number of rotatable bonds is 0. The van der Waals surface area contributed by atoms with Gasteiger partial charge >= 0.3 is 60.8 Å². The van der Waals surface area contributed by atoms with Crippen molar-refractivity contribution in [3.8, 4) is 0 Å². The maximum Gasteiger partial charge on any atom is 2.00 e. The Bertz CT molecular complexity index is 136. The summed E-state index contributed by atoms with van der Waals surface area (Å²) in [6.07, 6.45) is 0. The van der Waals surface area contributed by atoms with E-state index in [1.165, 1.54) is 0 Å². The molecule has 0 rings (SSSR count). The molecule has 0 aliphatic carbocycles. The second-order valence-electron chi connectivity index (χ2n) is 0.861. The zero-order valence-electron chi connectivity index (χ0n) is 5.51. The summed E-state index contributed by atoms with van der Waals surface area (Å²) < 4.78 is 37.1. The molecule has 0 saturated carbocycles. The summed E-state index contributed by atoms with van der Waals surface area (Å²) in [6, 6.07) is 0. The van der Waals surface area contributed by atoms with Gasteiger partial charge in [-0.2, -0.15) is 0 Å². The molecular weight excluding hydrogens is 260 g/mol. The molecule has 0 aliphatic heterocycles. The summed E-state index contributed by atoms with van der Waals surface area (Å²) in [5, 5.41) is 0. The van der Waals surface area contributed by atoms with Crippen LogP contribution in [-0.2, 0) is 9.13 Å². The summed E-state index contributed by atoms with van der Waals surface area (Å²) in [7, 11) is -11.3. The molecule has 0 bridgehead atoms. The molecule has 0 heterocycles. The summed E-state index contributed by atoms with van der Waals surface area (Å²) in [6.45, 7) is 0. The predicted molar refractivity (Wildman–Crippen MR) is 28.9 cm³/mol. The van der Waals surface area contributed by atoms with Gasteiger partial charge < -0.3 is 28.7 Å². The van der Waals surface area contributed by atoms with Gasteiger partial charge in [-0.1, -0.05) is 0 Å². The van der Waals surface area contributed by atoms with E-state index in [1.807, 2.05) is 0 Å². The Morgan fingerprint density at radius 1 is 0.833 bits per heavy atom. The van der Waals surface area contributed by atoms with Crippen LogP contribution in [0.4, 0.5) is 8.39 Å². The van der Waals surface area contributed by atoms with E-state index < -0.39 is 15.8 Å². The van der Waals surface area contributed by atoms with Gasteiger partial charge in [0.2, 0.25) is 0 Å². The van der Waals surface area contributed by atoms with Crippen molar-refractivity contribution in [2.45, 2.75) is 0 Å². The van der Waals surface area contributed by atoms with Crippen LogP contribution in [0.25, 0.3) is 0 Å². The number of hydrogen-bond acceptors (Lipinski definition) is 6. The largest absolute Gasteiger partial charge is 2.00 e. The van der Waals surface area contributed by atoms with E-state index >= 15 is 0 Å². The molecule has 0 aromatic heterocycles. The van der Waals surface area contributed by atoms with Crippen molar-refractivity contribution in [3.05, 3.63) is 0 Å². The van der Waals surface area contributed by atoms with E-state index in [2.05, 4.69) is 0 Å². The van der Waals surface area contributed by atoms with Gasteiger partial charge in [-0.05, 0) is 0 Å². The van der Waals surface area contributed by atoms with Gasteiger partial charge in [0.1, 0.15) is 15.8 Å². The maximum atomic E-state index is 10.1. The third-order valence-corrected chi connectivity index (χ3v) is 0. The maximum absolute atomic E-state index is 10.1. The summed E-state index contributed by atoms with van der Waals surface area (Å²) in [5.74, 6) is 0. The van der Waals surface area contributed by atoms with Crippen LogP contribution in [0.15, 0.2) is 0 Å². The molecule has 0 aromatic rings. The Morgan fingerprint density at radius 3 is 0.833 bits per heavy atom. The molecule has 6 nitrogen and oxygen atoms in total. The van der Waals surface area contributed by atoms with Crippen LogP contribution >= 0.6 is 15.8 Å². The summed E-state index contributed by atoms with van der Waals surface area (Å²) in [5.41, 5.74) is 0. The molecule has 0 amide bonds. The molecular formula is CaF2MgO6P2. The molecule has 0 radical (unpaired) electrons. The van der Waals surface area contributed by atoms with Gasteiger partial charge in [-0.25, -0.2) is 8.39 Å². The first-order chi connectivity index (χ1) is 4.00. The Balaban J connectivity index is -0.0000000457. The topological polar surface area (TPSA) is 126 Å². The molecule has 0 fully saturated rings. The average molecular weight is 260 g/mol. The Hall–Kier alpha value is 2.19. The average Bonchev–Trinajstić information content (AvgIpc) is 1.12. The third kappa shape index (κ3) is 319. The van der Waals surface area contributed by atoms with E-state index in [1.54, 1.807) is 0 Å². The van der Waals surface area contributed by atoms with Crippen LogP contribution in [0, 0.1) is 0 Å². The third-order valence-electron chi connectivity index (χ3n) is 0. The number of halogens is 2. The minimum absolute atomic E-state index is 0. The SMILES string of the molecule is O=P([O-])([O-])F.O=P([O-])([O-])F.[Ca+2].[Mg+2].